The molecule has 0 saturated heterocycles. The van der Waals surface area contributed by atoms with Crippen molar-refractivity contribution in [3.63, 3.8) is 0 Å². The number of hydrogen-bond donors (Lipinski definition) is 3. The fraction of sp³-hybridized carbons (Fsp3) is 0.292. The van der Waals surface area contributed by atoms with Crippen LogP contribution in [0.1, 0.15) is 58.9 Å². The van der Waals surface area contributed by atoms with E-state index in [1.165, 1.54) is 4.90 Å². The number of nitrogens with two attached hydrogens (primary N) is 1. The zero-order chi connectivity index (χ0) is 24.1. The molecule has 1 aromatic heterocycles. The van der Waals surface area contributed by atoms with Crippen molar-refractivity contribution in [3.8, 4) is 0 Å². The highest BCUT2D eigenvalue weighted by molar-refractivity contribution is 9.10. The number of carbonyl (C=O) groups excluding carboxylic acids is 2. The first-order chi connectivity index (χ1) is 15.5. The minimum absolute atomic E-state index is 0.126. The van der Waals surface area contributed by atoms with Gasteiger partial charge in [-0.25, -0.2) is 4.79 Å². The minimum atomic E-state index is -0.959. The second-order valence-electron chi connectivity index (χ2n) is 9.17. The number of furan rings is 1. The predicted molar refractivity (Wildman–Crippen MR) is 127 cm³/mol. The van der Waals surface area contributed by atoms with Crippen LogP contribution in [0.25, 0.3) is 11.0 Å². The monoisotopic (exact) mass is 513 g/mol. The summed E-state index contributed by atoms with van der Waals surface area (Å²) in [6, 6.07) is 10.1. The lowest BCUT2D eigenvalue weighted by Gasteiger charge is -2.43. The van der Waals surface area contributed by atoms with Gasteiger partial charge in [0.05, 0.1) is 6.04 Å². The third-order valence-electron chi connectivity index (χ3n) is 5.81. The minimum Gasteiger partial charge on any atom is -0.465 e. The third-order valence-corrected chi connectivity index (χ3v) is 6.31. The average Bonchev–Trinajstić information content (AvgIpc) is 3.09. The molecule has 1 unspecified atom stereocenters. The summed E-state index contributed by atoms with van der Waals surface area (Å²) < 4.78 is 6.31. The molecule has 33 heavy (non-hydrogen) atoms. The van der Waals surface area contributed by atoms with Crippen LogP contribution in [-0.2, 0) is 6.42 Å². The van der Waals surface area contributed by atoms with Gasteiger partial charge in [-0.3, -0.25) is 9.59 Å². The molecule has 0 fully saturated rings. The number of halogens is 1. The van der Waals surface area contributed by atoms with E-state index in [1.807, 2.05) is 26.8 Å². The second kappa shape index (κ2) is 8.22. The normalized spacial score (nSPS) is 15.9. The molecule has 0 saturated carbocycles. The van der Waals surface area contributed by atoms with Crippen LogP contribution < -0.4 is 11.1 Å². The fourth-order valence-electron chi connectivity index (χ4n) is 4.46. The van der Waals surface area contributed by atoms with Crippen LogP contribution in [-0.4, -0.2) is 34.5 Å². The Morgan fingerprint density at radius 3 is 2.55 bits per heavy atom. The summed E-state index contributed by atoms with van der Waals surface area (Å²) >= 11 is 3.39. The van der Waals surface area contributed by atoms with Crippen molar-refractivity contribution in [1.82, 2.24) is 4.90 Å². The number of carboxylic acid groups (broad SMARTS) is 1. The number of nitrogens with zero attached hydrogens (tertiary/aromatic N) is 1. The van der Waals surface area contributed by atoms with E-state index in [-0.39, 0.29) is 22.9 Å². The number of nitrogens with one attached hydrogen (secondary N) is 1. The van der Waals surface area contributed by atoms with E-state index in [1.54, 1.807) is 30.3 Å². The largest absolute Gasteiger partial charge is 0.465 e. The summed E-state index contributed by atoms with van der Waals surface area (Å²) in [5.74, 6) is -1.33. The Bertz CT molecular complexity index is 1290. The number of amides is 3. The maximum Gasteiger partial charge on any atom is 0.407 e. The summed E-state index contributed by atoms with van der Waals surface area (Å²) in [7, 11) is 0. The quantitative estimate of drug-likeness (QED) is 0.445. The van der Waals surface area contributed by atoms with Gasteiger partial charge in [0, 0.05) is 22.0 Å². The summed E-state index contributed by atoms with van der Waals surface area (Å²) in [4.78, 5) is 38.3. The lowest BCUT2D eigenvalue weighted by atomic mass is 9.77. The molecule has 2 heterocycles. The predicted octanol–water partition coefficient (Wildman–Crippen LogP) is 5.17. The molecule has 9 heteroatoms. The van der Waals surface area contributed by atoms with E-state index in [4.69, 9.17) is 10.2 Å². The van der Waals surface area contributed by atoms with Gasteiger partial charge in [-0.15, -0.1) is 0 Å². The molecule has 1 aliphatic rings. The molecule has 1 atom stereocenters. The molecule has 4 N–H and O–H groups in total. The first-order valence-electron chi connectivity index (χ1n) is 10.4. The standard InChI is InChI=1S/C24H24BrN3O5/c1-24(2,3)20-15-6-4-13(10-12(15)8-9-28(20)23(31)32)22(30)27-18-16-11-14(25)5-7-17(16)33-19(18)21(26)29/h4-7,10-11,20H,8-9H2,1-3H3,(H2,26,29)(H,27,30)(H,31,32). The Balaban J connectivity index is 1.71. The van der Waals surface area contributed by atoms with Crippen molar-refractivity contribution in [2.45, 2.75) is 33.2 Å². The molecule has 0 radical (unpaired) electrons. The first-order valence-corrected chi connectivity index (χ1v) is 11.2. The highest BCUT2D eigenvalue weighted by atomic mass is 79.9. The summed E-state index contributed by atoms with van der Waals surface area (Å²) in [6.45, 7) is 6.34. The Hall–Kier alpha value is -3.33. The molecule has 2 aromatic carbocycles. The van der Waals surface area contributed by atoms with Gasteiger partial charge in [-0.1, -0.05) is 42.8 Å². The van der Waals surface area contributed by atoms with Gasteiger partial charge >= 0.3 is 6.09 Å². The Labute approximate surface area is 198 Å². The van der Waals surface area contributed by atoms with Crippen LogP contribution >= 0.6 is 15.9 Å². The maximum atomic E-state index is 13.1. The van der Waals surface area contributed by atoms with E-state index in [0.29, 0.717) is 29.5 Å². The number of carbonyl (C=O) groups is 3. The van der Waals surface area contributed by atoms with E-state index in [0.717, 1.165) is 15.6 Å². The van der Waals surface area contributed by atoms with E-state index in [2.05, 4.69) is 21.2 Å². The molecule has 172 valence electrons. The Kier molecular flexibility index (Phi) is 5.69. The topological polar surface area (TPSA) is 126 Å². The molecule has 0 aliphatic carbocycles. The SMILES string of the molecule is CC(C)(C)C1c2ccc(C(=O)Nc3c(C(N)=O)oc4ccc(Br)cc34)cc2CCN1C(=O)O. The van der Waals surface area contributed by atoms with Gasteiger partial charge < -0.3 is 25.5 Å². The van der Waals surface area contributed by atoms with Gasteiger partial charge in [0.1, 0.15) is 11.3 Å². The summed E-state index contributed by atoms with van der Waals surface area (Å²) in [6.07, 6.45) is -0.455. The van der Waals surface area contributed by atoms with E-state index in [9.17, 15) is 19.5 Å². The highest BCUT2D eigenvalue weighted by Crippen LogP contribution is 2.42. The van der Waals surface area contributed by atoms with Gasteiger partial charge in [0.25, 0.3) is 11.8 Å². The van der Waals surface area contributed by atoms with Crippen molar-refractivity contribution < 1.29 is 23.9 Å². The first kappa shape index (κ1) is 22.8. The average molecular weight is 514 g/mol. The van der Waals surface area contributed by atoms with Crippen LogP contribution in [0.15, 0.2) is 45.3 Å². The van der Waals surface area contributed by atoms with Crippen molar-refractivity contribution in [2.24, 2.45) is 11.1 Å². The summed E-state index contributed by atoms with van der Waals surface area (Å²) in [5.41, 5.74) is 8.00. The third kappa shape index (κ3) is 4.20. The van der Waals surface area contributed by atoms with Gasteiger partial charge in [-0.2, -0.15) is 0 Å². The zero-order valence-corrected chi connectivity index (χ0v) is 20.0. The molecular formula is C24H24BrN3O5. The molecule has 3 aromatic rings. The van der Waals surface area contributed by atoms with Gasteiger partial charge in [0.15, 0.2) is 0 Å². The smallest absolute Gasteiger partial charge is 0.407 e. The fourth-order valence-corrected chi connectivity index (χ4v) is 4.82. The van der Waals surface area contributed by atoms with Crippen molar-refractivity contribution >= 4 is 50.5 Å². The molecule has 4 rings (SSSR count). The lowest BCUT2D eigenvalue weighted by Crippen LogP contribution is -2.44. The van der Waals surface area contributed by atoms with E-state index < -0.39 is 17.9 Å². The zero-order valence-electron chi connectivity index (χ0n) is 18.4. The number of rotatable bonds is 3. The molecule has 3 amide bonds. The van der Waals surface area contributed by atoms with Crippen LogP contribution in [0.5, 0.6) is 0 Å². The van der Waals surface area contributed by atoms with Gasteiger partial charge in [-0.05, 0) is 53.3 Å². The number of hydrogen-bond acceptors (Lipinski definition) is 4. The molecule has 1 aliphatic heterocycles. The Morgan fingerprint density at radius 2 is 1.91 bits per heavy atom. The molecule has 8 nitrogen and oxygen atoms in total. The molecular weight excluding hydrogens is 490 g/mol. The summed E-state index contributed by atoms with van der Waals surface area (Å²) in [5, 5.41) is 13.0. The van der Waals surface area contributed by atoms with Crippen molar-refractivity contribution in [1.29, 1.82) is 0 Å². The van der Waals surface area contributed by atoms with Crippen molar-refractivity contribution in [2.75, 3.05) is 11.9 Å². The Morgan fingerprint density at radius 1 is 1.18 bits per heavy atom. The number of anilines is 1. The highest BCUT2D eigenvalue weighted by Gasteiger charge is 2.38. The number of fused-ring (bicyclic) bond motifs is 2. The van der Waals surface area contributed by atoms with E-state index >= 15 is 0 Å². The van der Waals surface area contributed by atoms with Crippen LogP contribution in [0.3, 0.4) is 0 Å². The van der Waals surface area contributed by atoms with Crippen LogP contribution in [0.4, 0.5) is 10.5 Å². The maximum absolute atomic E-state index is 13.1. The number of primary amides is 1. The van der Waals surface area contributed by atoms with Gasteiger partial charge in [0.2, 0.25) is 5.76 Å². The van der Waals surface area contributed by atoms with Crippen LogP contribution in [0, 0.1) is 5.41 Å². The molecule has 0 spiro atoms. The van der Waals surface area contributed by atoms with Crippen LogP contribution in [0.2, 0.25) is 0 Å². The van der Waals surface area contributed by atoms with Crippen molar-refractivity contribution in [3.05, 3.63) is 63.3 Å². The second-order valence-corrected chi connectivity index (χ2v) is 10.1. The lowest BCUT2D eigenvalue weighted by molar-refractivity contribution is 0.0758. The number of benzene rings is 2. The molecule has 0 bridgehead atoms.